The zero-order valence-corrected chi connectivity index (χ0v) is 23.8. The molecule has 2 aliphatic carbocycles. The van der Waals surface area contributed by atoms with Gasteiger partial charge in [0.2, 0.25) is 0 Å². The van der Waals surface area contributed by atoms with E-state index in [1.165, 1.54) is 25.2 Å². The molecule has 3 fully saturated rings. The summed E-state index contributed by atoms with van der Waals surface area (Å²) in [5.41, 5.74) is 2.31. The molecule has 0 aromatic carbocycles. The third kappa shape index (κ3) is 7.17. The normalized spacial score (nSPS) is 21.0. The fourth-order valence-corrected chi connectivity index (χ4v) is 5.76. The minimum Gasteiger partial charge on any atom is -0.379 e. The van der Waals surface area contributed by atoms with E-state index in [9.17, 15) is 9.59 Å². The molecule has 1 aliphatic heterocycles. The Morgan fingerprint density at radius 3 is 2.44 bits per heavy atom. The molecule has 41 heavy (non-hydrogen) atoms. The van der Waals surface area contributed by atoms with Gasteiger partial charge in [-0.25, -0.2) is 19.3 Å². The van der Waals surface area contributed by atoms with E-state index < -0.39 is 0 Å². The van der Waals surface area contributed by atoms with Crippen molar-refractivity contribution in [1.82, 2.24) is 35.1 Å². The van der Waals surface area contributed by atoms with Crippen molar-refractivity contribution in [2.45, 2.75) is 69.5 Å². The van der Waals surface area contributed by atoms with E-state index in [0.717, 1.165) is 63.8 Å². The predicted octanol–water partition coefficient (Wildman–Crippen LogP) is 3.72. The second kappa shape index (κ2) is 12.5. The van der Waals surface area contributed by atoms with Crippen LogP contribution in [0.15, 0.2) is 30.6 Å². The number of rotatable bonds is 10. The Hall–Kier alpha value is -3.64. The van der Waals surface area contributed by atoms with Gasteiger partial charge in [0, 0.05) is 49.2 Å². The molecule has 0 unspecified atom stereocenters. The lowest BCUT2D eigenvalue weighted by Crippen LogP contribution is -2.46. The van der Waals surface area contributed by atoms with Crippen molar-refractivity contribution in [2.75, 3.05) is 42.1 Å². The first-order valence-electron chi connectivity index (χ1n) is 14.6. The molecule has 0 bridgehead atoms. The number of hydrogen-bond donors (Lipinski definition) is 5. The number of hydrogen-bond acceptors (Lipinski definition) is 8. The Kier molecular flexibility index (Phi) is 8.38. The van der Waals surface area contributed by atoms with Gasteiger partial charge in [-0.3, -0.25) is 4.79 Å². The first-order chi connectivity index (χ1) is 20.0. The third-order valence-electron chi connectivity index (χ3n) is 7.95. The summed E-state index contributed by atoms with van der Waals surface area (Å²) in [6.07, 6.45) is 11.4. The first kappa shape index (κ1) is 27.5. The zero-order chi connectivity index (χ0) is 28.2. The Labute approximate surface area is 244 Å². The molecular weight excluding hydrogens is 544 g/mol. The van der Waals surface area contributed by atoms with Crippen molar-refractivity contribution < 1.29 is 9.59 Å². The highest BCUT2D eigenvalue weighted by Gasteiger charge is 2.26. The number of carbonyl (C=O) groups excluding carboxylic acids is 2. The molecule has 0 spiro atoms. The monoisotopic (exact) mass is 580 g/mol. The van der Waals surface area contributed by atoms with Crippen LogP contribution in [0.25, 0.3) is 5.65 Å². The summed E-state index contributed by atoms with van der Waals surface area (Å²) in [5, 5.41) is 21.1. The van der Waals surface area contributed by atoms with Crippen LogP contribution in [0.5, 0.6) is 0 Å². The van der Waals surface area contributed by atoms with E-state index in [4.69, 9.17) is 16.7 Å². The average molecular weight is 581 g/mol. The van der Waals surface area contributed by atoms with E-state index in [1.54, 1.807) is 16.6 Å². The van der Waals surface area contributed by atoms with Crippen LogP contribution < -0.4 is 26.6 Å². The van der Waals surface area contributed by atoms with Gasteiger partial charge in [0.15, 0.2) is 11.3 Å². The van der Waals surface area contributed by atoms with Gasteiger partial charge in [0.05, 0.1) is 11.9 Å². The zero-order valence-electron chi connectivity index (χ0n) is 23.0. The summed E-state index contributed by atoms with van der Waals surface area (Å²) in [4.78, 5) is 36.4. The maximum absolute atomic E-state index is 13.1. The van der Waals surface area contributed by atoms with Crippen LogP contribution in [0.1, 0.15) is 61.9 Å². The predicted molar refractivity (Wildman–Crippen MR) is 159 cm³/mol. The van der Waals surface area contributed by atoms with E-state index in [2.05, 4.69) is 41.5 Å². The molecule has 13 heteroatoms. The summed E-state index contributed by atoms with van der Waals surface area (Å²) >= 11 is 5.98. The van der Waals surface area contributed by atoms with Gasteiger partial charge in [-0.1, -0.05) is 11.6 Å². The third-order valence-corrected chi connectivity index (χ3v) is 8.16. The molecule has 3 aromatic heterocycles. The number of imidazole rings is 1. The molecule has 12 nitrogen and oxygen atoms in total. The van der Waals surface area contributed by atoms with Gasteiger partial charge in [0.25, 0.3) is 5.91 Å². The summed E-state index contributed by atoms with van der Waals surface area (Å²) < 4.78 is 1.59. The van der Waals surface area contributed by atoms with Crippen LogP contribution in [-0.2, 0) is 0 Å². The minimum atomic E-state index is -0.341. The lowest BCUT2D eigenvalue weighted by Gasteiger charge is -2.30. The molecule has 0 radical (unpaired) electrons. The highest BCUT2D eigenvalue weighted by molar-refractivity contribution is 6.29. The molecule has 1 saturated heterocycles. The summed E-state index contributed by atoms with van der Waals surface area (Å²) in [6, 6.07) is 5.94. The highest BCUT2D eigenvalue weighted by atomic mass is 35.5. The number of urea groups is 1. The number of nitrogens with one attached hydrogen (secondary N) is 5. The second-order valence-corrected chi connectivity index (χ2v) is 11.6. The number of halogens is 1. The number of anilines is 3. The van der Waals surface area contributed by atoms with Crippen LogP contribution in [0, 0.1) is 0 Å². The van der Waals surface area contributed by atoms with Crippen molar-refractivity contribution >= 4 is 46.4 Å². The fraction of sp³-hybridized carbons (Fsp3) is 0.536. The molecule has 6 rings (SSSR count). The number of fused-ring (bicyclic) bond motifs is 1. The number of pyridine rings is 1. The van der Waals surface area contributed by atoms with E-state index >= 15 is 0 Å². The van der Waals surface area contributed by atoms with Gasteiger partial charge in [-0.05, 0) is 76.6 Å². The van der Waals surface area contributed by atoms with E-state index in [1.807, 2.05) is 6.07 Å². The van der Waals surface area contributed by atoms with Gasteiger partial charge < -0.3 is 31.5 Å². The van der Waals surface area contributed by atoms with Gasteiger partial charge in [-0.15, -0.1) is 5.10 Å². The Bertz CT molecular complexity index is 1380. The SMILES string of the molecule is O=C(NCCN1CCCC1)NC1CCC(Nc2cc(NC3CC3)c3ncc(C(=O)Nc4ccnc(Cl)c4)n3n2)CC1. The smallest absolute Gasteiger partial charge is 0.315 e. The minimum absolute atomic E-state index is 0.0801. The van der Waals surface area contributed by atoms with Crippen LogP contribution in [0.3, 0.4) is 0 Å². The van der Waals surface area contributed by atoms with Crippen molar-refractivity contribution in [1.29, 1.82) is 0 Å². The molecule has 218 valence electrons. The fourth-order valence-electron chi connectivity index (χ4n) is 5.58. The molecule has 0 atom stereocenters. The molecule has 5 N–H and O–H groups in total. The van der Waals surface area contributed by atoms with Crippen LogP contribution >= 0.6 is 11.6 Å². The molecule has 2 saturated carbocycles. The number of likely N-dealkylation sites (tertiary alicyclic amines) is 1. The molecule has 3 aliphatic rings. The van der Waals surface area contributed by atoms with Crippen LogP contribution in [0.2, 0.25) is 5.15 Å². The van der Waals surface area contributed by atoms with Crippen LogP contribution in [-0.4, -0.2) is 80.7 Å². The largest absolute Gasteiger partial charge is 0.379 e. The number of nitrogens with zero attached hydrogens (tertiary/aromatic N) is 5. The molecule has 3 aromatic rings. The average Bonchev–Trinajstić information content (AvgIpc) is 3.41. The van der Waals surface area contributed by atoms with Gasteiger partial charge in [-0.2, -0.15) is 0 Å². The highest BCUT2D eigenvalue weighted by Crippen LogP contribution is 2.30. The number of amides is 3. The molecule has 4 heterocycles. The van der Waals surface area contributed by atoms with Crippen molar-refractivity contribution in [3.8, 4) is 0 Å². The maximum Gasteiger partial charge on any atom is 0.315 e. The lowest BCUT2D eigenvalue weighted by molar-refractivity contribution is 0.102. The van der Waals surface area contributed by atoms with Crippen molar-refractivity contribution in [2.24, 2.45) is 0 Å². The van der Waals surface area contributed by atoms with Gasteiger partial charge in [0.1, 0.15) is 11.0 Å². The first-order valence-corrected chi connectivity index (χ1v) is 15.0. The summed E-state index contributed by atoms with van der Waals surface area (Å²) in [6.45, 7) is 3.86. The Balaban J connectivity index is 1.07. The standard InChI is InChI=1S/C28H37ClN10O2/c29-24-15-21(9-10-30-24)35-27(40)23-17-32-26-22(33-18-3-4-18)16-25(37-39(23)26)34-19-5-7-20(8-6-19)36-28(41)31-11-14-38-12-1-2-13-38/h9-10,15-20,33H,1-8,11-14H2,(H,34,37)(H,30,35,40)(H2,31,36,41). The van der Waals surface area contributed by atoms with Crippen molar-refractivity contribution in [3.05, 3.63) is 41.4 Å². The topological polar surface area (TPSA) is 141 Å². The molecular formula is C28H37ClN10O2. The van der Waals surface area contributed by atoms with E-state index in [-0.39, 0.29) is 24.0 Å². The van der Waals surface area contributed by atoms with Gasteiger partial charge >= 0.3 is 6.03 Å². The lowest BCUT2D eigenvalue weighted by atomic mass is 9.91. The Morgan fingerprint density at radius 2 is 1.68 bits per heavy atom. The maximum atomic E-state index is 13.1. The number of carbonyl (C=O) groups is 2. The van der Waals surface area contributed by atoms with E-state index in [0.29, 0.717) is 40.6 Å². The van der Waals surface area contributed by atoms with Crippen LogP contribution in [0.4, 0.5) is 22.0 Å². The molecule has 3 amide bonds. The Morgan fingerprint density at radius 1 is 0.951 bits per heavy atom. The summed E-state index contributed by atoms with van der Waals surface area (Å²) in [5.74, 6) is 0.336. The van der Waals surface area contributed by atoms with Crippen molar-refractivity contribution in [3.63, 3.8) is 0 Å². The summed E-state index contributed by atoms with van der Waals surface area (Å²) in [7, 11) is 0. The second-order valence-electron chi connectivity index (χ2n) is 11.2. The number of aromatic nitrogens is 4. The quantitative estimate of drug-likeness (QED) is 0.229.